The van der Waals surface area contributed by atoms with Crippen molar-refractivity contribution in [3.05, 3.63) is 29.8 Å². The number of nitrogens with one attached hydrogen (secondary N) is 1. The lowest BCUT2D eigenvalue weighted by atomic mass is 10.1. The van der Waals surface area contributed by atoms with Gasteiger partial charge in [-0.1, -0.05) is 12.1 Å². The molecule has 2 unspecified atom stereocenters. The third kappa shape index (κ3) is 6.99. The van der Waals surface area contributed by atoms with Gasteiger partial charge in [-0.2, -0.15) is 11.8 Å². The highest BCUT2D eigenvalue weighted by Gasteiger charge is 2.27. The fraction of sp³-hybridized carbons (Fsp3) is 0.611. The summed E-state index contributed by atoms with van der Waals surface area (Å²) in [6.07, 6.45) is 3.78. The number of halogens is 2. The Kier molecular flexibility index (Phi) is 10.2. The zero-order valence-corrected chi connectivity index (χ0v) is 16.9. The monoisotopic (exact) mass is 405 g/mol. The highest BCUT2D eigenvalue weighted by atomic mass is 35.5. The number of nitrogens with two attached hydrogens (primary N) is 1. The first-order valence-corrected chi connectivity index (χ1v) is 9.81. The summed E-state index contributed by atoms with van der Waals surface area (Å²) in [5.41, 5.74) is 8.12. The van der Waals surface area contributed by atoms with Crippen molar-refractivity contribution < 1.29 is 4.79 Å². The summed E-state index contributed by atoms with van der Waals surface area (Å²) in [5.74, 6) is 2.73. The maximum atomic E-state index is 12.2. The molecule has 142 valence electrons. The molecule has 3 rings (SSSR count). The molecule has 1 heterocycles. The summed E-state index contributed by atoms with van der Waals surface area (Å²) in [6.45, 7) is 3.55. The highest BCUT2D eigenvalue weighted by molar-refractivity contribution is 7.99. The standard InChI is InChI=1S/C18H27N3OS.2ClH/c19-16-4-3-15(13-16)18(22)20-17-5-1-14(2-6-17)7-8-21-9-11-23-12-10-21;;/h1-2,5-6,15-16H,3-4,7-13,19H2,(H,20,22);2*1H. The molecule has 0 spiro atoms. The summed E-state index contributed by atoms with van der Waals surface area (Å²) in [4.78, 5) is 14.7. The Bertz CT molecular complexity index is 524. The molecular formula is C18H29Cl2N3OS. The van der Waals surface area contributed by atoms with Gasteiger partial charge in [0.25, 0.3) is 0 Å². The lowest BCUT2D eigenvalue weighted by Gasteiger charge is -2.26. The van der Waals surface area contributed by atoms with Crippen molar-refractivity contribution in [1.82, 2.24) is 4.90 Å². The van der Waals surface area contributed by atoms with Crippen LogP contribution in [0, 0.1) is 5.92 Å². The topological polar surface area (TPSA) is 58.4 Å². The van der Waals surface area contributed by atoms with E-state index in [4.69, 9.17) is 5.73 Å². The number of hydrogen-bond acceptors (Lipinski definition) is 4. The van der Waals surface area contributed by atoms with Crippen LogP contribution in [0.3, 0.4) is 0 Å². The van der Waals surface area contributed by atoms with Gasteiger partial charge in [0.2, 0.25) is 5.91 Å². The normalized spacial score (nSPS) is 23.4. The van der Waals surface area contributed by atoms with Crippen LogP contribution in [0.2, 0.25) is 0 Å². The van der Waals surface area contributed by atoms with E-state index >= 15 is 0 Å². The van der Waals surface area contributed by atoms with E-state index in [1.54, 1.807) is 0 Å². The summed E-state index contributed by atoms with van der Waals surface area (Å²) < 4.78 is 0. The Morgan fingerprint density at radius 3 is 2.44 bits per heavy atom. The number of hydrogen-bond donors (Lipinski definition) is 2. The number of carbonyl (C=O) groups is 1. The van der Waals surface area contributed by atoms with Crippen molar-refractivity contribution in [3.63, 3.8) is 0 Å². The minimum Gasteiger partial charge on any atom is -0.328 e. The molecule has 1 aromatic rings. The Morgan fingerprint density at radius 1 is 1.16 bits per heavy atom. The third-order valence-electron chi connectivity index (χ3n) is 4.89. The first-order chi connectivity index (χ1) is 11.2. The maximum absolute atomic E-state index is 12.2. The molecule has 0 bridgehead atoms. The van der Waals surface area contributed by atoms with Crippen LogP contribution in [-0.4, -0.2) is 48.0 Å². The summed E-state index contributed by atoms with van der Waals surface area (Å²) in [5, 5.41) is 3.03. The van der Waals surface area contributed by atoms with Crippen molar-refractivity contribution in [2.24, 2.45) is 11.7 Å². The predicted molar refractivity (Wildman–Crippen MR) is 112 cm³/mol. The number of nitrogens with zero attached hydrogens (tertiary/aromatic N) is 1. The summed E-state index contributed by atoms with van der Waals surface area (Å²) >= 11 is 2.05. The van der Waals surface area contributed by atoms with Gasteiger partial charge in [0, 0.05) is 48.8 Å². The summed E-state index contributed by atoms with van der Waals surface area (Å²) in [6, 6.07) is 8.51. The van der Waals surface area contributed by atoms with E-state index in [9.17, 15) is 4.79 Å². The number of rotatable bonds is 5. The largest absolute Gasteiger partial charge is 0.328 e. The molecular weight excluding hydrogens is 377 g/mol. The van der Waals surface area contributed by atoms with Crippen LogP contribution >= 0.6 is 36.6 Å². The molecule has 2 aliphatic rings. The molecule has 3 N–H and O–H groups in total. The number of benzene rings is 1. The zero-order valence-electron chi connectivity index (χ0n) is 14.5. The van der Waals surface area contributed by atoms with Gasteiger partial charge in [-0.05, 0) is 43.4 Å². The Hall–Kier alpha value is -0.460. The van der Waals surface area contributed by atoms with E-state index in [-0.39, 0.29) is 42.7 Å². The molecule has 1 aromatic carbocycles. The van der Waals surface area contributed by atoms with Gasteiger partial charge in [0.1, 0.15) is 0 Å². The van der Waals surface area contributed by atoms with Crippen LogP contribution in [0.4, 0.5) is 5.69 Å². The SMILES string of the molecule is Cl.Cl.NC1CCC(C(=O)Nc2ccc(CCN3CCSCC3)cc2)C1. The van der Waals surface area contributed by atoms with Crippen LogP contribution in [-0.2, 0) is 11.2 Å². The molecule has 1 aliphatic carbocycles. The predicted octanol–water partition coefficient (Wildman–Crippen LogP) is 3.19. The first-order valence-electron chi connectivity index (χ1n) is 8.66. The van der Waals surface area contributed by atoms with Crippen molar-refractivity contribution in [1.29, 1.82) is 0 Å². The average molecular weight is 406 g/mol. The minimum atomic E-state index is 0. The minimum absolute atomic E-state index is 0. The lowest BCUT2D eigenvalue weighted by Crippen LogP contribution is -2.34. The van der Waals surface area contributed by atoms with Crippen molar-refractivity contribution in [2.45, 2.75) is 31.7 Å². The third-order valence-corrected chi connectivity index (χ3v) is 5.83. The molecule has 2 fully saturated rings. The van der Waals surface area contributed by atoms with Gasteiger partial charge in [-0.15, -0.1) is 24.8 Å². The van der Waals surface area contributed by atoms with Gasteiger partial charge in [0.15, 0.2) is 0 Å². The fourth-order valence-electron chi connectivity index (χ4n) is 3.37. The second kappa shape index (κ2) is 11.3. The molecule has 0 radical (unpaired) electrons. The molecule has 1 saturated carbocycles. The molecule has 0 aromatic heterocycles. The first kappa shape index (κ1) is 22.6. The van der Waals surface area contributed by atoms with Crippen LogP contribution in [0.1, 0.15) is 24.8 Å². The molecule has 1 saturated heterocycles. The Balaban J connectivity index is 0.00000156. The highest BCUT2D eigenvalue weighted by Crippen LogP contribution is 2.25. The fourth-order valence-corrected chi connectivity index (χ4v) is 4.34. The van der Waals surface area contributed by atoms with Crippen LogP contribution in [0.25, 0.3) is 0 Å². The smallest absolute Gasteiger partial charge is 0.227 e. The van der Waals surface area contributed by atoms with Crippen LogP contribution in [0.5, 0.6) is 0 Å². The Morgan fingerprint density at radius 2 is 1.84 bits per heavy atom. The van der Waals surface area contributed by atoms with Gasteiger partial charge in [0.05, 0.1) is 0 Å². The maximum Gasteiger partial charge on any atom is 0.227 e. The van der Waals surface area contributed by atoms with E-state index in [0.29, 0.717) is 0 Å². The number of thioether (sulfide) groups is 1. The number of anilines is 1. The molecule has 7 heteroatoms. The molecule has 25 heavy (non-hydrogen) atoms. The molecule has 1 aliphatic heterocycles. The summed E-state index contributed by atoms with van der Waals surface area (Å²) in [7, 11) is 0. The quantitative estimate of drug-likeness (QED) is 0.789. The van der Waals surface area contributed by atoms with Gasteiger partial charge in [-0.25, -0.2) is 0 Å². The van der Waals surface area contributed by atoms with E-state index < -0.39 is 0 Å². The Labute approximate surface area is 167 Å². The molecule has 1 amide bonds. The average Bonchev–Trinajstić information content (AvgIpc) is 3.02. The zero-order chi connectivity index (χ0) is 16.1. The van der Waals surface area contributed by atoms with Crippen molar-refractivity contribution in [2.75, 3.05) is 36.5 Å². The van der Waals surface area contributed by atoms with E-state index in [2.05, 4.69) is 22.3 Å². The van der Waals surface area contributed by atoms with Crippen molar-refractivity contribution in [3.8, 4) is 0 Å². The second-order valence-corrected chi connectivity index (χ2v) is 7.88. The van der Waals surface area contributed by atoms with Crippen LogP contribution < -0.4 is 11.1 Å². The lowest BCUT2D eigenvalue weighted by molar-refractivity contribution is -0.119. The van der Waals surface area contributed by atoms with Crippen molar-refractivity contribution >= 4 is 48.2 Å². The van der Waals surface area contributed by atoms with Gasteiger partial charge < -0.3 is 16.0 Å². The van der Waals surface area contributed by atoms with E-state index in [1.807, 2.05) is 23.9 Å². The molecule has 4 nitrogen and oxygen atoms in total. The van der Waals surface area contributed by atoms with Gasteiger partial charge in [-0.3, -0.25) is 4.79 Å². The molecule has 2 atom stereocenters. The van der Waals surface area contributed by atoms with Crippen LogP contribution in [0.15, 0.2) is 24.3 Å². The number of carbonyl (C=O) groups excluding carboxylic acids is 1. The van der Waals surface area contributed by atoms with E-state index in [0.717, 1.165) is 37.9 Å². The van der Waals surface area contributed by atoms with Gasteiger partial charge >= 0.3 is 0 Å². The number of amides is 1. The van der Waals surface area contributed by atoms with E-state index in [1.165, 1.54) is 30.2 Å². The second-order valence-electron chi connectivity index (χ2n) is 6.66.